The fourth-order valence-corrected chi connectivity index (χ4v) is 2.60. The fraction of sp³-hybridized carbons (Fsp3) is 0.438. The number of amides is 2. The van der Waals surface area contributed by atoms with E-state index in [1.165, 1.54) is 6.20 Å². The maximum Gasteiger partial charge on any atom is 0.252 e. The Morgan fingerprint density at radius 1 is 1.50 bits per heavy atom. The van der Waals surface area contributed by atoms with Crippen LogP contribution in [0.3, 0.4) is 0 Å². The SMILES string of the molecule is C#CCCC1(CCNC(=O)c2cnc3c(c2)NC(=O)CN3C)N=N1. The first-order chi connectivity index (χ1) is 11.5. The summed E-state index contributed by atoms with van der Waals surface area (Å²) in [7, 11) is 1.78. The van der Waals surface area contributed by atoms with Gasteiger partial charge in [-0.05, 0) is 6.07 Å². The lowest BCUT2D eigenvalue weighted by molar-refractivity contribution is -0.115. The van der Waals surface area contributed by atoms with Gasteiger partial charge in [-0.2, -0.15) is 10.2 Å². The molecule has 2 amide bonds. The quantitative estimate of drug-likeness (QED) is 0.766. The molecule has 8 nitrogen and oxygen atoms in total. The molecule has 2 aliphatic rings. The van der Waals surface area contributed by atoms with Crippen molar-refractivity contribution in [3.05, 3.63) is 17.8 Å². The summed E-state index contributed by atoms with van der Waals surface area (Å²) in [6.07, 6.45) is 8.69. The number of carbonyl (C=O) groups excluding carboxylic acids is 2. The Morgan fingerprint density at radius 3 is 3.00 bits per heavy atom. The van der Waals surface area contributed by atoms with E-state index in [9.17, 15) is 9.59 Å². The van der Waals surface area contributed by atoms with Crippen molar-refractivity contribution >= 4 is 23.3 Å². The molecule has 124 valence electrons. The van der Waals surface area contributed by atoms with Gasteiger partial charge in [-0.15, -0.1) is 12.3 Å². The predicted molar refractivity (Wildman–Crippen MR) is 88.7 cm³/mol. The van der Waals surface area contributed by atoms with Crippen LogP contribution in [0.1, 0.15) is 29.6 Å². The maximum absolute atomic E-state index is 12.2. The van der Waals surface area contributed by atoms with Crippen molar-refractivity contribution in [3.8, 4) is 12.3 Å². The van der Waals surface area contributed by atoms with Gasteiger partial charge < -0.3 is 15.5 Å². The number of terminal acetylenes is 1. The number of fused-ring (bicyclic) bond motifs is 1. The summed E-state index contributed by atoms with van der Waals surface area (Å²) >= 11 is 0. The van der Waals surface area contributed by atoms with Gasteiger partial charge in [0.25, 0.3) is 5.91 Å². The monoisotopic (exact) mass is 326 g/mol. The molecule has 0 saturated carbocycles. The van der Waals surface area contributed by atoms with E-state index in [4.69, 9.17) is 6.42 Å². The van der Waals surface area contributed by atoms with E-state index in [2.05, 4.69) is 31.8 Å². The minimum Gasteiger partial charge on any atom is -0.352 e. The Morgan fingerprint density at radius 2 is 2.29 bits per heavy atom. The third-order valence-corrected chi connectivity index (χ3v) is 4.01. The molecule has 1 aromatic rings. The molecule has 0 atom stereocenters. The number of hydrogen-bond acceptors (Lipinski definition) is 6. The Kier molecular flexibility index (Phi) is 4.16. The second-order valence-electron chi connectivity index (χ2n) is 5.89. The van der Waals surface area contributed by atoms with E-state index in [0.29, 0.717) is 42.9 Å². The zero-order valence-electron chi connectivity index (χ0n) is 13.4. The van der Waals surface area contributed by atoms with E-state index >= 15 is 0 Å². The lowest BCUT2D eigenvalue weighted by atomic mass is 10.0. The summed E-state index contributed by atoms with van der Waals surface area (Å²) in [5, 5.41) is 13.6. The molecule has 3 rings (SSSR count). The van der Waals surface area contributed by atoms with Crippen molar-refractivity contribution in [3.63, 3.8) is 0 Å². The number of aromatic nitrogens is 1. The maximum atomic E-state index is 12.2. The van der Waals surface area contributed by atoms with Crippen molar-refractivity contribution in [2.75, 3.05) is 30.4 Å². The van der Waals surface area contributed by atoms with Crippen LogP contribution in [0.25, 0.3) is 0 Å². The van der Waals surface area contributed by atoms with E-state index in [1.54, 1.807) is 18.0 Å². The molecule has 0 unspecified atom stereocenters. The van der Waals surface area contributed by atoms with Gasteiger partial charge in [0, 0.05) is 39.1 Å². The minimum absolute atomic E-state index is 0.128. The van der Waals surface area contributed by atoms with Gasteiger partial charge in [-0.3, -0.25) is 9.59 Å². The first kappa shape index (κ1) is 15.9. The van der Waals surface area contributed by atoms with Crippen molar-refractivity contribution in [1.82, 2.24) is 10.3 Å². The van der Waals surface area contributed by atoms with E-state index in [1.807, 2.05) is 0 Å². The first-order valence-corrected chi connectivity index (χ1v) is 7.70. The van der Waals surface area contributed by atoms with Gasteiger partial charge in [-0.25, -0.2) is 4.98 Å². The minimum atomic E-state index is -0.412. The van der Waals surface area contributed by atoms with Crippen LogP contribution >= 0.6 is 0 Å². The second-order valence-corrected chi connectivity index (χ2v) is 5.89. The van der Waals surface area contributed by atoms with Crippen LogP contribution in [-0.4, -0.2) is 42.6 Å². The number of hydrogen-bond donors (Lipinski definition) is 2. The molecule has 2 N–H and O–H groups in total. The van der Waals surface area contributed by atoms with Crippen molar-refractivity contribution in [1.29, 1.82) is 0 Å². The summed E-state index contributed by atoms with van der Waals surface area (Å²) in [6, 6.07) is 1.63. The van der Waals surface area contributed by atoms with Crippen LogP contribution in [0.4, 0.5) is 11.5 Å². The summed E-state index contributed by atoms with van der Waals surface area (Å²) in [4.78, 5) is 29.8. The average molecular weight is 326 g/mol. The van der Waals surface area contributed by atoms with Crippen molar-refractivity contribution in [2.24, 2.45) is 10.2 Å². The molecule has 2 aliphatic heterocycles. The van der Waals surface area contributed by atoms with Gasteiger partial charge in [-0.1, -0.05) is 0 Å². The van der Waals surface area contributed by atoms with E-state index < -0.39 is 5.66 Å². The second kappa shape index (κ2) is 6.28. The zero-order chi connectivity index (χ0) is 17.2. The molecule has 0 aromatic carbocycles. The number of anilines is 2. The fourth-order valence-electron chi connectivity index (χ4n) is 2.60. The molecular weight excluding hydrogens is 308 g/mol. The molecule has 0 saturated heterocycles. The first-order valence-electron chi connectivity index (χ1n) is 7.70. The lowest BCUT2D eigenvalue weighted by Crippen LogP contribution is -2.36. The highest BCUT2D eigenvalue weighted by Gasteiger charge is 2.38. The van der Waals surface area contributed by atoms with Gasteiger partial charge in [0.2, 0.25) is 5.91 Å². The topological polar surface area (TPSA) is 99.0 Å². The van der Waals surface area contributed by atoms with Crippen molar-refractivity contribution < 1.29 is 9.59 Å². The Labute approximate surface area is 139 Å². The van der Waals surface area contributed by atoms with E-state index in [0.717, 1.165) is 0 Å². The van der Waals surface area contributed by atoms with E-state index in [-0.39, 0.29) is 18.4 Å². The molecule has 0 radical (unpaired) electrons. The van der Waals surface area contributed by atoms with Crippen LogP contribution in [0, 0.1) is 12.3 Å². The standard InChI is InChI=1S/C16H18N6O2/c1-3-4-5-16(20-21-16)6-7-17-15(24)11-8-12-14(18-9-11)22(2)10-13(23)19-12/h1,8-9H,4-7,10H2,2H3,(H,17,24)(H,19,23). The number of likely N-dealkylation sites (N-methyl/N-ethyl adjacent to an activating group) is 1. The van der Waals surface area contributed by atoms with Gasteiger partial charge in [0.05, 0.1) is 17.8 Å². The van der Waals surface area contributed by atoms with Crippen LogP contribution in [0.15, 0.2) is 22.5 Å². The molecule has 0 bridgehead atoms. The summed E-state index contributed by atoms with van der Waals surface area (Å²) in [5.74, 6) is 2.84. The Bertz CT molecular complexity index is 745. The summed E-state index contributed by atoms with van der Waals surface area (Å²) in [5.41, 5.74) is 0.524. The van der Waals surface area contributed by atoms with Gasteiger partial charge >= 0.3 is 0 Å². The van der Waals surface area contributed by atoms with Gasteiger partial charge in [0.1, 0.15) is 0 Å². The molecule has 1 aromatic heterocycles. The van der Waals surface area contributed by atoms with Crippen molar-refractivity contribution in [2.45, 2.75) is 24.9 Å². The highest BCUT2D eigenvalue weighted by Crippen LogP contribution is 2.36. The number of carbonyl (C=O) groups is 2. The highest BCUT2D eigenvalue weighted by atomic mass is 16.2. The molecule has 0 spiro atoms. The largest absolute Gasteiger partial charge is 0.352 e. The molecule has 0 aliphatic carbocycles. The van der Waals surface area contributed by atoms with Crippen LogP contribution in [0.5, 0.6) is 0 Å². The highest BCUT2D eigenvalue weighted by molar-refractivity contribution is 6.02. The smallest absolute Gasteiger partial charge is 0.252 e. The third-order valence-electron chi connectivity index (χ3n) is 4.01. The number of nitrogens with one attached hydrogen (secondary N) is 2. The molecule has 24 heavy (non-hydrogen) atoms. The summed E-state index contributed by atoms with van der Waals surface area (Å²) in [6.45, 7) is 0.692. The molecule has 8 heteroatoms. The van der Waals surface area contributed by atoms with Crippen LogP contribution in [0.2, 0.25) is 0 Å². The predicted octanol–water partition coefficient (Wildman–Crippen LogP) is 1.17. The molecule has 3 heterocycles. The zero-order valence-corrected chi connectivity index (χ0v) is 13.4. The third kappa shape index (κ3) is 3.35. The molecule has 0 fully saturated rings. The lowest BCUT2D eigenvalue weighted by Gasteiger charge is -2.26. The van der Waals surface area contributed by atoms with Gasteiger partial charge in [0.15, 0.2) is 11.5 Å². The Balaban J connectivity index is 1.57. The normalized spacial score (nSPS) is 16.8. The van der Waals surface area contributed by atoms with Crippen LogP contribution < -0.4 is 15.5 Å². The number of nitrogens with zero attached hydrogens (tertiary/aromatic N) is 4. The number of pyridine rings is 1. The average Bonchev–Trinajstić information content (AvgIpc) is 3.32. The Hall–Kier alpha value is -2.95. The summed E-state index contributed by atoms with van der Waals surface area (Å²) < 4.78 is 0. The molecular formula is C16H18N6O2. The van der Waals surface area contributed by atoms with Crippen LogP contribution in [-0.2, 0) is 4.79 Å². The number of rotatable bonds is 6.